The molecule has 0 amide bonds. The van der Waals surface area contributed by atoms with Crippen molar-refractivity contribution in [3.8, 4) is 0 Å². The average molecular weight is 291 g/mol. The highest BCUT2D eigenvalue weighted by Gasteiger charge is 2.26. The van der Waals surface area contributed by atoms with Gasteiger partial charge in [-0.25, -0.2) is 8.42 Å². The summed E-state index contributed by atoms with van der Waals surface area (Å²) in [5, 5.41) is 3.18. The largest absolute Gasteiger partial charge is 0.380 e. The highest BCUT2D eigenvalue weighted by atomic mass is 32.2. The van der Waals surface area contributed by atoms with Crippen LogP contribution >= 0.6 is 0 Å². The van der Waals surface area contributed by atoms with Gasteiger partial charge in [-0.3, -0.25) is 0 Å². The van der Waals surface area contributed by atoms with Crippen molar-refractivity contribution in [1.29, 1.82) is 0 Å². The Hall–Kier alpha value is -1.21. The number of alkyl halides is 2. The Bertz CT molecular complexity index is 510. The molecule has 0 bridgehead atoms. The number of anilines is 1. The fraction of sp³-hybridized carbons (Fsp3) is 0.500. The van der Waals surface area contributed by atoms with E-state index in [1.165, 1.54) is 24.3 Å². The SMILES string of the molecule is O=S(=O)(c1ccc(NC2CCCOC2)cc1)C(F)F. The minimum Gasteiger partial charge on any atom is -0.380 e. The molecule has 0 radical (unpaired) electrons. The van der Waals surface area contributed by atoms with E-state index in [0.29, 0.717) is 12.3 Å². The van der Waals surface area contributed by atoms with Crippen molar-refractivity contribution in [2.45, 2.75) is 29.5 Å². The number of halogens is 2. The Kier molecular flexibility index (Phi) is 4.36. The first-order valence-electron chi connectivity index (χ1n) is 5.96. The van der Waals surface area contributed by atoms with Gasteiger partial charge in [-0.05, 0) is 37.1 Å². The quantitative estimate of drug-likeness (QED) is 0.924. The van der Waals surface area contributed by atoms with Crippen LogP contribution < -0.4 is 5.32 Å². The van der Waals surface area contributed by atoms with Gasteiger partial charge in [-0.15, -0.1) is 0 Å². The van der Waals surface area contributed by atoms with Crippen molar-refractivity contribution in [1.82, 2.24) is 0 Å². The van der Waals surface area contributed by atoms with E-state index in [0.717, 1.165) is 19.4 Å². The first-order valence-corrected chi connectivity index (χ1v) is 7.51. The first-order chi connectivity index (χ1) is 9.00. The van der Waals surface area contributed by atoms with Gasteiger partial charge in [0, 0.05) is 18.3 Å². The lowest BCUT2D eigenvalue weighted by molar-refractivity contribution is 0.0876. The van der Waals surface area contributed by atoms with Crippen LogP contribution in [0.4, 0.5) is 14.5 Å². The number of rotatable bonds is 4. The van der Waals surface area contributed by atoms with Crippen molar-refractivity contribution in [3.05, 3.63) is 24.3 Å². The van der Waals surface area contributed by atoms with E-state index in [9.17, 15) is 17.2 Å². The number of hydrogen-bond acceptors (Lipinski definition) is 4. The molecule has 1 saturated heterocycles. The van der Waals surface area contributed by atoms with Gasteiger partial charge >= 0.3 is 5.76 Å². The molecule has 106 valence electrons. The van der Waals surface area contributed by atoms with Gasteiger partial charge in [0.25, 0.3) is 0 Å². The summed E-state index contributed by atoms with van der Waals surface area (Å²) >= 11 is 0. The number of hydrogen-bond donors (Lipinski definition) is 1. The highest BCUT2D eigenvalue weighted by Crippen LogP contribution is 2.21. The van der Waals surface area contributed by atoms with Gasteiger partial charge in [0.05, 0.1) is 11.5 Å². The maximum Gasteiger partial charge on any atom is 0.341 e. The normalized spacial score (nSPS) is 20.5. The van der Waals surface area contributed by atoms with Gasteiger partial charge in [0.2, 0.25) is 9.84 Å². The van der Waals surface area contributed by atoms with E-state index in [4.69, 9.17) is 4.74 Å². The Morgan fingerprint density at radius 2 is 1.95 bits per heavy atom. The predicted octanol–water partition coefficient (Wildman–Crippen LogP) is 2.27. The molecule has 0 aromatic heterocycles. The van der Waals surface area contributed by atoms with E-state index in [1.807, 2.05) is 0 Å². The van der Waals surface area contributed by atoms with Gasteiger partial charge in [0.15, 0.2) is 0 Å². The molecular weight excluding hydrogens is 276 g/mol. The van der Waals surface area contributed by atoms with E-state index in [2.05, 4.69) is 5.32 Å². The van der Waals surface area contributed by atoms with Crippen LogP contribution in [0.25, 0.3) is 0 Å². The maximum atomic E-state index is 12.4. The second-order valence-electron chi connectivity index (χ2n) is 4.39. The van der Waals surface area contributed by atoms with Gasteiger partial charge in [0.1, 0.15) is 0 Å². The number of sulfone groups is 1. The Morgan fingerprint density at radius 3 is 2.47 bits per heavy atom. The zero-order valence-electron chi connectivity index (χ0n) is 10.2. The molecule has 0 aliphatic carbocycles. The Labute approximate surface area is 110 Å². The lowest BCUT2D eigenvalue weighted by Gasteiger charge is -2.24. The summed E-state index contributed by atoms with van der Waals surface area (Å²) in [7, 11) is -4.51. The first kappa shape index (κ1) is 14.2. The summed E-state index contributed by atoms with van der Waals surface area (Å²) in [6.45, 7) is 1.35. The monoisotopic (exact) mass is 291 g/mol. The number of ether oxygens (including phenoxy) is 1. The van der Waals surface area contributed by atoms with Gasteiger partial charge in [-0.1, -0.05) is 0 Å². The molecule has 1 heterocycles. The summed E-state index contributed by atoms with van der Waals surface area (Å²) in [6, 6.07) is 5.53. The zero-order valence-corrected chi connectivity index (χ0v) is 11.0. The molecule has 1 aromatic rings. The summed E-state index contributed by atoms with van der Waals surface area (Å²) in [4.78, 5) is -0.368. The van der Waals surface area contributed by atoms with E-state index >= 15 is 0 Å². The van der Waals surface area contributed by atoms with Crippen molar-refractivity contribution >= 4 is 15.5 Å². The minimum atomic E-state index is -4.51. The molecule has 19 heavy (non-hydrogen) atoms. The minimum absolute atomic E-state index is 0.173. The van der Waals surface area contributed by atoms with Gasteiger partial charge in [-0.2, -0.15) is 8.78 Å². The molecule has 1 aliphatic rings. The lowest BCUT2D eigenvalue weighted by Crippen LogP contribution is -2.29. The van der Waals surface area contributed by atoms with E-state index in [1.54, 1.807) is 0 Å². The average Bonchev–Trinajstić information content (AvgIpc) is 2.40. The zero-order chi connectivity index (χ0) is 13.9. The fourth-order valence-corrected chi connectivity index (χ4v) is 2.66. The van der Waals surface area contributed by atoms with E-state index < -0.39 is 15.6 Å². The molecule has 0 saturated carbocycles. The summed E-state index contributed by atoms with van der Waals surface area (Å²) in [5.41, 5.74) is 0.698. The van der Waals surface area contributed by atoms with Crippen molar-refractivity contribution < 1.29 is 21.9 Å². The fourth-order valence-electron chi connectivity index (χ4n) is 1.93. The summed E-state index contributed by atoms with van der Waals surface area (Å²) < 4.78 is 52.5. The third kappa shape index (κ3) is 3.42. The second kappa shape index (κ2) is 5.83. The molecule has 0 spiro atoms. The van der Waals surface area contributed by atoms with Crippen molar-refractivity contribution in [2.75, 3.05) is 18.5 Å². The summed E-state index contributed by atoms with van der Waals surface area (Å²) in [5.74, 6) is -3.39. The molecule has 2 rings (SSSR count). The molecule has 1 fully saturated rings. The molecule has 7 heteroatoms. The highest BCUT2D eigenvalue weighted by molar-refractivity contribution is 7.91. The maximum absolute atomic E-state index is 12.4. The molecule has 1 aliphatic heterocycles. The van der Waals surface area contributed by atoms with Crippen molar-refractivity contribution in [3.63, 3.8) is 0 Å². The van der Waals surface area contributed by atoms with Crippen LogP contribution in [0.15, 0.2) is 29.2 Å². The predicted molar refractivity (Wildman–Crippen MR) is 67.1 cm³/mol. The Morgan fingerprint density at radius 1 is 1.26 bits per heavy atom. The van der Waals surface area contributed by atoms with Crippen LogP contribution in [0.5, 0.6) is 0 Å². The molecular formula is C12H15F2NO3S. The molecule has 1 atom stereocenters. The summed E-state index contributed by atoms with van der Waals surface area (Å²) in [6.07, 6.45) is 1.94. The molecule has 4 nitrogen and oxygen atoms in total. The molecule has 1 N–H and O–H groups in total. The Balaban J connectivity index is 2.06. The van der Waals surface area contributed by atoms with Crippen LogP contribution in [0.1, 0.15) is 12.8 Å². The van der Waals surface area contributed by atoms with Gasteiger partial charge < -0.3 is 10.1 Å². The topological polar surface area (TPSA) is 55.4 Å². The molecule has 1 aromatic carbocycles. The number of nitrogens with one attached hydrogen (secondary N) is 1. The third-order valence-corrected chi connectivity index (χ3v) is 4.35. The lowest BCUT2D eigenvalue weighted by atomic mass is 10.1. The third-order valence-electron chi connectivity index (χ3n) is 2.95. The number of benzene rings is 1. The van der Waals surface area contributed by atoms with Crippen LogP contribution in [0, 0.1) is 0 Å². The van der Waals surface area contributed by atoms with Crippen LogP contribution in [0.2, 0.25) is 0 Å². The standard InChI is InChI=1S/C12H15F2NO3S/c13-12(14)19(16,17)11-5-3-9(4-6-11)15-10-2-1-7-18-8-10/h3-6,10,12,15H,1-2,7-8H2. The molecule has 1 unspecified atom stereocenters. The van der Waals surface area contributed by atoms with Crippen molar-refractivity contribution in [2.24, 2.45) is 0 Å². The smallest absolute Gasteiger partial charge is 0.341 e. The second-order valence-corrected chi connectivity index (χ2v) is 6.31. The van der Waals surface area contributed by atoms with Crippen LogP contribution in [-0.4, -0.2) is 33.4 Å². The van der Waals surface area contributed by atoms with Crippen LogP contribution in [0.3, 0.4) is 0 Å². The van der Waals surface area contributed by atoms with Crippen LogP contribution in [-0.2, 0) is 14.6 Å². The van der Waals surface area contributed by atoms with E-state index in [-0.39, 0.29) is 10.9 Å².